The third kappa shape index (κ3) is 2.88. The maximum atomic E-state index is 4.38. The Balaban J connectivity index is 1.80. The van der Waals surface area contributed by atoms with E-state index in [0.717, 1.165) is 15.6 Å². The molecule has 0 saturated carbocycles. The molecule has 4 nitrogen and oxygen atoms in total. The number of hydrogen-bond donors (Lipinski definition) is 0. The van der Waals surface area contributed by atoms with Crippen LogP contribution in [0.4, 0.5) is 0 Å². The van der Waals surface area contributed by atoms with Crippen molar-refractivity contribution in [3.05, 3.63) is 64.6 Å². The first kappa shape index (κ1) is 12.0. The Kier molecular flexibility index (Phi) is 3.37. The molecular weight excluding hydrogens is 304 g/mol. The topological polar surface area (TPSA) is 43.6 Å². The minimum atomic E-state index is 0.618. The summed E-state index contributed by atoms with van der Waals surface area (Å²) in [5.41, 5.74) is 2.12. The van der Waals surface area contributed by atoms with Crippen molar-refractivity contribution in [3.63, 3.8) is 0 Å². The van der Waals surface area contributed by atoms with Crippen molar-refractivity contribution in [1.82, 2.24) is 20.2 Å². The van der Waals surface area contributed by atoms with Crippen LogP contribution in [0.15, 0.2) is 59.1 Å². The third-order valence-electron chi connectivity index (χ3n) is 2.72. The number of nitrogens with zero attached hydrogens (tertiary/aromatic N) is 4. The van der Waals surface area contributed by atoms with E-state index >= 15 is 0 Å². The first-order valence-electron chi connectivity index (χ1n) is 5.89. The van der Waals surface area contributed by atoms with Gasteiger partial charge in [0.2, 0.25) is 5.82 Å². The van der Waals surface area contributed by atoms with E-state index in [9.17, 15) is 0 Å². The minimum absolute atomic E-state index is 0.618. The molecule has 19 heavy (non-hydrogen) atoms. The van der Waals surface area contributed by atoms with Gasteiger partial charge in [0.1, 0.15) is 0 Å². The van der Waals surface area contributed by atoms with Gasteiger partial charge in [-0.2, -0.15) is 4.80 Å². The molecular formula is C14H11BrN4. The lowest BCUT2D eigenvalue weighted by molar-refractivity contribution is 0.573. The first-order chi connectivity index (χ1) is 9.31. The summed E-state index contributed by atoms with van der Waals surface area (Å²) in [6.45, 7) is 0.618. The van der Waals surface area contributed by atoms with E-state index in [-0.39, 0.29) is 0 Å². The molecule has 94 valence electrons. The van der Waals surface area contributed by atoms with Gasteiger partial charge in [0.05, 0.1) is 6.54 Å². The highest BCUT2D eigenvalue weighted by Crippen LogP contribution is 2.13. The Bertz CT molecular complexity index is 661. The molecule has 0 unspecified atom stereocenters. The van der Waals surface area contributed by atoms with Gasteiger partial charge in [-0.15, -0.1) is 10.2 Å². The number of tetrazole rings is 1. The maximum absolute atomic E-state index is 4.38. The first-order valence-corrected chi connectivity index (χ1v) is 6.68. The molecule has 0 bridgehead atoms. The third-order valence-corrected chi connectivity index (χ3v) is 3.25. The average molecular weight is 315 g/mol. The highest BCUT2D eigenvalue weighted by Gasteiger charge is 2.05. The number of hydrogen-bond acceptors (Lipinski definition) is 3. The van der Waals surface area contributed by atoms with E-state index in [0.29, 0.717) is 12.4 Å². The van der Waals surface area contributed by atoms with Crippen LogP contribution in [0.5, 0.6) is 0 Å². The number of aromatic nitrogens is 4. The summed E-state index contributed by atoms with van der Waals surface area (Å²) in [7, 11) is 0. The predicted octanol–water partition coefficient (Wildman–Crippen LogP) is 3.15. The fourth-order valence-electron chi connectivity index (χ4n) is 1.77. The molecule has 0 fully saturated rings. The van der Waals surface area contributed by atoms with Gasteiger partial charge in [-0.25, -0.2) is 0 Å². The monoisotopic (exact) mass is 314 g/mol. The summed E-state index contributed by atoms with van der Waals surface area (Å²) in [6.07, 6.45) is 0. The van der Waals surface area contributed by atoms with Gasteiger partial charge in [0.25, 0.3) is 0 Å². The van der Waals surface area contributed by atoms with E-state index in [2.05, 4.69) is 31.3 Å². The molecule has 1 heterocycles. The lowest BCUT2D eigenvalue weighted by atomic mass is 10.2. The van der Waals surface area contributed by atoms with Crippen LogP contribution in [0, 0.1) is 0 Å². The van der Waals surface area contributed by atoms with Crippen molar-refractivity contribution in [3.8, 4) is 11.4 Å². The van der Waals surface area contributed by atoms with Crippen molar-refractivity contribution in [1.29, 1.82) is 0 Å². The van der Waals surface area contributed by atoms with E-state index in [4.69, 9.17) is 0 Å². The summed E-state index contributed by atoms with van der Waals surface area (Å²) in [6, 6.07) is 17.9. The van der Waals surface area contributed by atoms with Crippen molar-refractivity contribution in [2.24, 2.45) is 0 Å². The van der Waals surface area contributed by atoms with Gasteiger partial charge >= 0.3 is 0 Å². The van der Waals surface area contributed by atoms with Gasteiger partial charge in [0, 0.05) is 10.0 Å². The van der Waals surface area contributed by atoms with Crippen LogP contribution in [0.1, 0.15) is 5.56 Å². The largest absolute Gasteiger partial charge is 0.204 e. The average Bonchev–Trinajstić information content (AvgIpc) is 2.91. The Hall–Kier alpha value is -2.01. The number of benzene rings is 2. The standard InChI is InChI=1S/C14H11BrN4/c15-13-8-6-11(7-9-13)10-19-17-14(16-18-19)12-4-2-1-3-5-12/h1-9H,10H2. The van der Waals surface area contributed by atoms with Gasteiger partial charge in [-0.3, -0.25) is 0 Å². The molecule has 3 aromatic rings. The molecule has 0 atom stereocenters. The smallest absolute Gasteiger partial charge is 0.159 e. The van der Waals surface area contributed by atoms with Crippen LogP contribution in [0.3, 0.4) is 0 Å². The second-order valence-electron chi connectivity index (χ2n) is 4.14. The molecule has 0 saturated heterocycles. The molecule has 0 N–H and O–H groups in total. The Morgan fingerprint density at radius 1 is 0.947 bits per heavy atom. The highest BCUT2D eigenvalue weighted by molar-refractivity contribution is 9.10. The molecule has 1 aromatic heterocycles. The van der Waals surface area contributed by atoms with Crippen LogP contribution in [-0.4, -0.2) is 20.2 Å². The minimum Gasteiger partial charge on any atom is -0.159 e. The van der Waals surface area contributed by atoms with Crippen molar-refractivity contribution >= 4 is 15.9 Å². The summed E-state index contributed by atoms with van der Waals surface area (Å²) >= 11 is 3.42. The van der Waals surface area contributed by atoms with Crippen LogP contribution >= 0.6 is 15.9 Å². The molecule has 0 amide bonds. The summed E-state index contributed by atoms with van der Waals surface area (Å²) in [5, 5.41) is 12.5. The normalized spacial score (nSPS) is 10.6. The van der Waals surface area contributed by atoms with Crippen LogP contribution in [0.2, 0.25) is 0 Å². The second-order valence-corrected chi connectivity index (χ2v) is 5.05. The number of rotatable bonds is 3. The van der Waals surface area contributed by atoms with Crippen LogP contribution < -0.4 is 0 Å². The van der Waals surface area contributed by atoms with E-state index in [1.54, 1.807) is 4.80 Å². The molecule has 2 aromatic carbocycles. The van der Waals surface area contributed by atoms with Crippen LogP contribution in [-0.2, 0) is 6.54 Å². The van der Waals surface area contributed by atoms with Crippen LogP contribution in [0.25, 0.3) is 11.4 Å². The fourth-order valence-corrected chi connectivity index (χ4v) is 2.03. The predicted molar refractivity (Wildman–Crippen MR) is 76.5 cm³/mol. The zero-order valence-electron chi connectivity index (χ0n) is 10.1. The molecule has 0 spiro atoms. The number of halogens is 1. The SMILES string of the molecule is Brc1ccc(Cn2nnc(-c3ccccc3)n2)cc1. The summed E-state index contributed by atoms with van der Waals surface area (Å²) < 4.78 is 1.06. The van der Waals surface area contributed by atoms with Gasteiger partial charge < -0.3 is 0 Å². The molecule has 3 rings (SSSR count). The van der Waals surface area contributed by atoms with E-state index in [1.165, 1.54) is 0 Å². The van der Waals surface area contributed by atoms with E-state index < -0.39 is 0 Å². The molecule has 0 aliphatic heterocycles. The molecule has 0 aliphatic carbocycles. The van der Waals surface area contributed by atoms with Gasteiger partial charge in [-0.1, -0.05) is 58.4 Å². The highest BCUT2D eigenvalue weighted by atomic mass is 79.9. The lowest BCUT2D eigenvalue weighted by Gasteiger charge is -1.99. The van der Waals surface area contributed by atoms with Gasteiger partial charge in [0.15, 0.2) is 0 Å². The van der Waals surface area contributed by atoms with Crippen molar-refractivity contribution in [2.45, 2.75) is 6.54 Å². The lowest BCUT2D eigenvalue weighted by Crippen LogP contribution is -2.03. The van der Waals surface area contributed by atoms with Crippen molar-refractivity contribution in [2.75, 3.05) is 0 Å². The van der Waals surface area contributed by atoms with Gasteiger partial charge in [-0.05, 0) is 22.9 Å². The van der Waals surface area contributed by atoms with E-state index in [1.807, 2.05) is 54.6 Å². The quantitative estimate of drug-likeness (QED) is 0.746. The molecule has 0 aliphatic rings. The molecule has 5 heteroatoms. The Labute approximate surface area is 119 Å². The van der Waals surface area contributed by atoms with Crippen molar-refractivity contribution < 1.29 is 0 Å². The molecule has 0 radical (unpaired) electrons. The zero-order valence-corrected chi connectivity index (χ0v) is 11.7. The fraction of sp³-hybridized carbons (Fsp3) is 0.0714. The Morgan fingerprint density at radius 2 is 1.68 bits per heavy atom. The maximum Gasteiger partial charge on any atom is 0.204 e. The zero-order chi connectivity index (χ0) is 13.1. The Morgan fingerprint density at radius 3 is 2.42 bits per heavy atom. The second kappa shape index (κ2) is 5.32. The summed E-state index contributed by atoms with van der Waals surface area (Å²) in [5.74, 6) is 0.651. The summed E-state index contributed by atoms with van der Waals surface area (Å²) in [4.78, 5) is 1.60.